The lowest BCUT2D eigenvalue weighted by Gasteiger charge is -2.30. The third kappa shape index (κ3) is 5.09. The molecule has 0 bridgehead atoms. The van der Waals surface area contributed by atoms with Crippen LogP contribution in [0.5, 0.6) is 0 Å². The quantitative estimate of drug-likeness (QED) is 0.645. The lowest BCUT2D eigenvalue weighted by molar-refractivity contribution is 0.233. The third-order valence-corrected chi connectivity index (χ3v) is 2.84. The van der Waals surface area contributed by atoms with Gasteiger partial charge in [0.15, 0.2) is 0 Å². The van der Waals surface area contributed by atoms with E-state index in [1.165, 1.54) is 6.42 Å². The van der Waals surface area contributed by atoms with Gasteiger partial charge in [-0.1, -0.05) is 40.7 Å². The molecule has 2 unspecified atom stereocenters. The molecule has 0 saturated heterocycles. The molecule has 0 radical (unpaired) electrons. The molecule has 0 rings (SSSR count). The van der Waals surface area contributed by atoms with E-state index >= 15 is 0 Å². The molecule has 0 aliphatic heterocycles. The van der Waals surface area contributed by atoms with Gasteiger partial charge in [-0.3, -0.25) is 0 Å². The molecule has 0 spiro atoms. The average Bonchev–Trinajstić information content (AvgIpc) is 2.01. The summed E-state index contributed by atoms with van der Waals surface area (Å²) in [5.74, 6) is 0.717. The van der Waals surface area contributed by atoms with Crippen LogP contribution in [0.2, 0.25) is 0 Å². The van der Waals surface area contributed by atoms with E-state index in [0.29, 0.717) is 11.5 Å². The summed E-state index contributed by atoms with van der Waals surface area (Å²) in [6.07, 6.45) is 3.20. The fraction of sp³-hybridized carbons (Fsp3) is 0.833. The first kappa shape index (κ1) is 12.7. The van der Waals surface area contributed by atoms with Crippen LogP contribution in [0.25, 0.3) is 0 Å². The van der Waals surface area contributed by atoms with Crippen molar-refractivity contribution < 1.29 is 0 Å². The van der Waals surface area contributed by atoms with E-state index in [1.54, 1.807) is 0 Å². The predicted molar refractivity (Wildman–Crippen MR) is 60.9 cm³/mol. The highest BCUT2D eigenvalue weighted by atomic mass is 14.9. The fourth-order valence-electron chi connectivity index (χ4n) is 1.26. The summed E-state index contributed by atoms with van der Waals surface area (Å²) >= 11 is 0. The molecule has 78 valence electrons. The Kier molecular flexibility index (Phi) is 5.31. The van der Waals surface area contributed by atoms with Crippen molar-refractivity contribution >= 4 is 0 Å². The van der Waals surface area contributed by atoms with Crippen LogP contribution in [0.1, 0.15) is 41.0 Å². The summed E-state index contributed by atoms with van der Waals surface area (Å²) in [5.41, 5.74) is 0.399. The van der Waals surface area contributed by atoms with Crippen molar-refractivity contribution in [3.05, 3.63) is 12.7 Å². The Morgan fingerprint density at radius 1 is 1.38 bits per heavy atom. The first-order chi connectivity index (χ1) is 5.91. The molecule has 13 heavy (non-hydrogen) atoms. The van der Waals surface area contributed by atoms with Gasteiger partial charge in [-0.05, 0) is 24.3 Å². The van der Waals surface area contributed by atoms with Gasteiger partial charge in [0, 0.05) is 6.04 Å². The molecule has 0 aromatic rings. The summed E-state index contributed by atoms with van der Waals surface area (Å²) in [5, 5.41) is 3.42. The minimum absolute atomic E-state index is 0.399. The molecule has 0 aliphatic carbocycles. The maximum absolute atomic E-state index is 3.85. The first-order valence-electron chi connectivity index (χ1n) is 5.27. The largest absolute Gasteiger partial charge is 0.311 e. The standard InChI is InChI=1S/C12H25N/c1-7-11(13-8-2)9-10(3)12(4,5)6/h7,10-11,13H,1,8-9H2,2-6H3. The number of nitrogens with one attached hydrogen (secondary N) is 1. The van der Waals surface area contributed by atoms with Crippen LogP contribution in [0, 0.1) is 11.3 Å². The van der Waals surface area contributed by atoms with E-state index in [9.17, 15) is 0 Å². The summed E-state index contributed by atoms with van der Waals surface area (Å²) in [6, 6.07) is 0.472. The van der Waals surface area contributed by atoms with Gasteiger partial charge in [0.1, 0.15) is 0 Å². The van der Waals surface area contributed by atoms with Gasteiger partial charge in [0.25, 0.3) is 0 Å². The summed E-state index contributed by atoms with van der Waals surface area (Å²) in [7, 11) is 0. The molecule has 0 saturated carbocycles. The lowest BCUT2D eigenvalue weighted by atomic mass is 9.78. The van der Waals surface area contributed by atoms with Crippen LogP contribution >= 0.6 is 0 Å². The molecule has 0 aromatic heterocycles. The van der Waals surface area contributed by atoms with Crippen LogP contribution in [-0.2, 0) is 0 Å². The predicted octanol–water partition coefficient (Wildman–Crippen LogP) is 3.22. The zero-order valence-electron chi connectivity index (χ0n) is 9.85. The first-order valence-corrected chi connectivity index (χ1v) is 5.27. The monoisotopic (exact) mass is 183 g/mol. The molecule has 0 aliphatic rings. The van der Waals surface area contributed by atoms with Crippen LogP contribution in [0.4, 0.5) is 0 Å². The van der Waals surface area contributed by atoms with Crippen LogP contribution < -0.4 is 5.32 Å². The second-order valence-electron chi connectivity index (χ2n) is 4.90. The minimum Gasteiger partial charge on any atom is -0.311 e. The second kappa shape index (κ2) is 5.43. The Morgan fingerprint density at radius 3 is 2.23 bits per heavy atom. The normalized spacial score (nSPS) is 16.7. The Bertz CT molecular complexity index is 144. The summed E-state index contributed by atoms with van der Waals surface area (Å²) < 4.78 is 0. The van der Waals surface area contributed by atoms with Gasteiger partial charge in [-0.25, -0.2) is 0 Å². The van der Waals surface area contributed by atoms with Gasteiger partial charge >= 0.3 is 0 Å². The molecule has 1 N–H and O–H groups in total. The van der Waals surface area contributed by atoms with Crippen molar-refractivity contribution in [2.45, 2.75) is 47.1 Å². The third-order valence-electron chi connectivity index (χ3n) is 2.84. The van der Waals surface area contributed by atoms with E-state index in [4.69, 9.17) is 0 Å². The molecule has 0 aromatic carbocycles. The van der Waals surface area contributed by atoms with E-state index < -0.39 is 0 Å². The molecule has 0 fully saturated rings. The Balaban J connectivity index is 4.00. The molecule has 0 heterocycles. The molecular formula is C12H25N. The topological polar surface area (TPSA) is 12.0 Å². The van der Waals surface area contributed by atoms with E-state index in [2.05, 4.69) is 46.5 Å². The molecule has 0 amide bonds. The van der Waals surface area contributed by atoms with Crippen molar-refractivity contribution in [2.75, 3.05) is 6.54 Å². The van der Waals surface area contributed by atoms with Gasteiger partial charge in [0.2, 0.25) is 0 Å². The van der Waals surface area contributed by atoms with E-state index in [-0.39, 0.29) is 0 Å². The van der Waals surface area contributed by atoms with Crippen molar-refractivity contribution in [2.24, 2.45) is 11.3 Å². The van der Waals surface area contributed by atoms with Crippen LogP contribution in [-0.4, -0.2) is 12.6 Å². The number of likely N-dealkylation sites (N-methyl/N-ethyl adjacent to an activating group) is 1. The molecule has 2 atom stereocenters. The zero-order chi connectivity index (χ0) is 10.5. The van der Waals surface area contributed by atoms with Crippen LogP contribution in [0.15, 0.2) is 12.7 Å². The number of hydrogen-bond donors (Lipinski definition) is 1. The number of hydrogen-bond acceptors (Lipinski definition) is 1. The van der Waals surface area contributed by atoms with Gasteiger partial charge in [-0.2, -0.15) is 0 Å². The Morgan fingerprint density at radius 2 is 1.92 bits per heavy atom. The van der Waals surface area contributed by atoms with Crippen molar-refractivity contribution in [1.29, 1.82) is 0 Å². The van der Waals surface area contributed by atoms with Gasteiger partial charge in [0.05, 0.1) is 0 Å². The Hall–Kier alpha value is -0.300. The maximum Gasteiger partial charge on any atom is 0.0250 e. The highest BCUT2D eigenvalue weighted by Crippen LogP contribution is 2.29. The average molecular weight is 183 g/mol. The SMILES string of the molecule is C=CC(CC(C)C(C)(C)C)NCC. The second-order valence-corrected chi connectivity index (χ2v) is 4.90. The maximum atomic E-state index is 3.85. The molecule has 1 nitrogen and oxygen atoms in total. The Labute approximate surface area is 83.6 Å². The molecular weight excluding hydrogens is 158 g/mol. The molecule has 1 heteroatoms. The highest BCUT2D eigenvalue weighted by molar-refractivity contribution is 4.88. The van der Waals surface area contributed by atoms with Crippen molar-refractivity contribution in [3.8, 4) is 0 Å². The van der Waals surface area contributed by atoms with Crippen molar-refractivity contribution in [1.82, 2.24) is 5.32 Å². The van der Waals surface area contributed by atoms with Crippen LogP contribution in [0.3, 0.4) is 0 Å². The van der Waals surface area contributed by atoms with Gasteiger partial charge < -0.3 is 5.32 Å². The minimum atomic E-state index is 0.399. The van der Waals surface area contributed by atoms with Crippen molar-refractivity contribution in [3.63, 3.8) is 0 Å². The van der Waals surface area contributed by atoms with E-state index in [1.807, 2.05) is 6.08 Å². The highest BCUT2D eigenvalue weighted by Gasteiger charge is 2.21. The summed E-state index contributed by atoms with van der Waals surface area (Å²) in [6.45, 7) is 16.2. The lowest BCUT2D eigenvalue weighted by Crippen LogP contribution is -2.31. The smallest absolute Gasteiger partial charge is 0.0250 e. The van der Waals surface area contributed by atoms with E-state index in [0.717, 1.165) is 12.5 Å². The fourth-order valence-corrected chi connectivity index (χ4v) is 1.26. The number of rotatable bonds is 5. The van der Waals surface area contributed by atoms with Gasteiger partial charge in [-0.15, -0.1) is 6.58 Å². The zero-order valence-corrected chi connectivity index (χ0v) is 9.85. The summed E-state index contributed by atoms with van der Waals surface area (Å²) in [4.78, 5) is 0.